The average molecular weight is 463 g/mol. The van der Waals surface area contributed by atoms with Crippen LogP contribution in [0.2, 0.25) is 10.0 Å². The van der Waals surface area contributed by atoms with Crippen molar-refractivity contribution in [1.29, 1.82) is 0 Å². The van der Waals surface area contributed by atoms with E-state index in [1.807, 2.05) is 24.3 Å². The van der Waals surface area contributed by atoms with Crippen molar-refractivity contribution >= 4 is 57.8 Å². The number of hydrogen-bond acceptors (Lipinski definition) is 3. The minimum atomic E-state index is -0.902. The monoisotopic (exact) mass is 462 g/mol. The highest BCUT2D eigenvalue weighted by molar-refractivity contribution is 7.80. The van der Waals surface area contributed by atoms with Crippen LogP contribution in [-0.2, 0) is 4.79 Å². The number of halogens is 2. The van der Waals surface area contributed by atoms with Crippen LogP contribution in [0.5, 0.6) is 0 Å². The standard InChI is InChI=1S/C22H24Cl2N4OS/c1-4-7-13(2)25-22(30)27-20-21(29)28(3)18-11-10-14(23)12-16(18)19(26-20)15-8-5-6-9-17(15)24/h5-6,8-13,20H,4,7H2,1-3H3,(H2,25,27,30). The van der Waals surface area contributed by atoms with Gasteiger partial charge in [-0.3, -0.25) is 4.79 Å². The zero-order chi connectivity index (χ0) is 21.8. The molecule has 0 radical (unpaired) electrons. The van der Waals surface area contributed by atoms with Crippen LogP contribution in [0.1, 0.15) is 37.8 Å². The van der Waals surface area contributed by atoms with Crippen LogP contribution in [0, 0.1) is 0 Å². The molecule has 2 aromatic carbocycles. The molecule has 2 N–H and O–H groups in total. The van der Waals surface area contributed by atoms with E-state index in [9.17, 15) is 4.79 Å². The quantitative estimate of drug-likeness (QED) is 0.627. The van der Waals surface area contributed by atoms with Gasteiger partial charge >= 0.3 is 0 Å². The molecule has 2 aromatic rings. The maximum atomic E-state index is 13.2. The van der Waals surface area contributed by atoms with Crippen LogP contribution in [0.3, 0.4) is 0 Å². The molecule has 1 heterocycles. The lowest BCUT2D eigenvalue weighted by Gasteiger charge is -2.23. The molecule has 1 amide bonds. The Morgan fingerprint density at radius 2 is 1.97 bits per heavy atom. The summed E-state index contributed by atoms with van der Waals surface area (Å²) >= 11 is 18.2. The van der Waals surface area contributed by atoms with Crippen LogP contribution in [-0.4, -0.2) is 36.0 Å². The van der Waals surface area contributed by atoms with Gasteiger partial charge in [0, 0.05) is 34.3 Å². The molecule has 1 aliphatic rings. The Kier molecular flexibility index (Phi) is 7.34. The van der Waals surface area contributed by atoms with Crippen LogP contribution in [0.15, 0.2) is 47.5 Å². The number of likely N-dealkylation sites (N-methyl/N-ethyl adjacent to an activating group) is 1. The number of benzene rings is 2. The molecule has 0 fully saturated rings. The Morgan fingerprint density at radius 1 is 1.23 bits per heavy atom. The van der Waals surface area contributed by atoms with Crippen molar-refractivity contribution < 1.29 is 4.79 Å². The third kappa shape index (κ3) is 4.94. The maximum absolute atomic E-state index is 13.2. The number of carbonyl (C=O) groups excluding carboxylic acids is 1. The van der Waals surface area contributed by atoms with E-state index in [2.05, 4.69) is 24.5 Å². The smallest absolute Gasteiger partial charge is 0.272 e. The second-order valence-corrected chi connectivity index (χ2v) is 8.48. The van der Waals surface area contributed by atoms with Gasteiger partial charge in [-0.15, -0.1) is 0 Å². The van der Waals surface area contributed by atoms with Crippen molar-refractivity contribution in [1.82, 2.24) is 10.6 Å². The number of hydrogen-bond donors (Lipinski definition) is 2. The summed E-state index contributed by atoms with van der Waals surface area (Å²) in [5.74, 6) is -0.229. The minimum absolute atomic E-state index is 0.191. The molecule has 0 aromatic heterocycles. The molecule has 30 heavy (non-hydrogen) atoms. The zero-order valence-corrected chi connectivity index (χ0v) is 19.4. The molecule has 8 heteroatoms. The molecular formula is C22H24Cl2N4OS. The molecule has 2 atom stereocenters. The van der Waals surface area contributed by atoms with Gasteiger partial charge in [0.15, 0.2) is 5.11 Å². The summed E-state index contributed by atoms with van der Waals surface area (Å²) in [7, 11) is 1.71. The highest BCUT2D eigenvalue weighted by Crippen LogP contribution is 2.31. The van der Waals surface area contributed by atoms with Gasteiger partial charge in [-0.1, -0.05) is 54.7 Å². The second-order valence-electron chi connectivity index (χ2n) is 7.23. The van der Waals surface area contributed by atoms with E-state index >= 15 is 0 Å². The first-order valence-corrected chi connectivity index (χ1v) is 11.0. The van der Waals surface area contributed by atoms with Crippen molar-refractivity contribution in [3.05, 3.63) is 63.6 Å². The first-order chi connectivity index (χ1) is 14.3. The van der Waals surface area contributed by atoms with Crippen LogP contribution < -0.4 is 15.5 Å². The van der Waals surface area contributed by atoms with E-state index in [0.29, 0.717) is 26.6 Å². The Balaban J connectivity index is 2.05. The Hall–Kier alpha value is -2.15. The fourth-order valence-electron chi connectivity index (χ4n) is 3.40. The number of nitrogens with zero attached hydrogens (tertiary/aromatic N) is 2. The van der Waals surface area contributed by atoms with E-state index in [1.165, 1.54) is 0 Å². The van der Waals surface area contributed by atoms with Gasteiger partial charge < -0.3 is 15.5 Å². The summed E-state index contributed by atoms with van der Waals surface area (Å²) < 4.78 is 0. The van der Waals surface area contributed by atoms with Crippen molar-refractivity contribution in [3.63, 3.8) is 0 Å². The topological polar surface area (TPSA) is 56.7 Å². The van der Waals surface area contributed by atoms with Crippen molar-refractivity contribution in [2.45, 2.75) is 38.9 Å². The van der Waals surface area contributed by atoms with E-state index in [-0.39, 0.29) is 11.9 Å². The molecular weight excluding hydrogens is 439 g/mol. The number of thiocarbonyl (C=S) groups is 1. The van der Waals surface area contributed by atoms with Crippen molar-refractivity contribution in [3.8, 4) is 0 Å². The van der Waals surface area contributed by atoms with E-state index in [4.69, 9.17) is 40.4 Å². The van der Waals surface area contributed by atoms with Crippen molar-refractivity contribution in [2.24, 2.45) is 4.99 Å². The molecule has 1 aliphatic heterocycles. The summed E-state index contributed by atoms with van der Waals surface area (Å²) in [5, 5.41) is 7.74. The number of nitrogens with one attached hydrogen (secondary N) is 2. The largest absolute Gasteiger partial charge is 0.360 e. The highest BCUT2D eigenvalue weighted by Gasteiger charge is 2.31. The number of fused-ring (bicyclic) bond motifs is 1. The maximum Gasteiger partial charge on any atom is 0.272 e. The zero-order valence-electron chi connectivity index (χ0n) is 17.1. The minimum Gasteiger partial charge on any atom is -0.360 e. The van der Waals surface area contributed by atoms with Gasteiger partial charge in [0.1, 0.15) is 0 Å². The second kappa shape index (κ2) is 9.77. The number of carbonyl (C=O) groups is 1. The SMILES string of the molecule is CCCC(C)NC(=S)NC1N=C(c2ccccc2Cl)c2cc(Cl)ccc2N(C)C1=O. The van der Waals surface area contributed by atoms with Crippen molar-refractivity contribution in [2.75, 3.05) is 11.9 Å². The Morgan fingerprint density at radius 3 is 2.67 bits per heavy atom. The summed E-state index contributed by atoms with van der Waals surface area (Å²) in [6, 6.07) is 12.9. The van der Waals surface area contributed by atoms with Gasteiger partial charge in [-0.25, -0.2) is 4.99 Å². The molecule has 158 valence electrons. The lowest BCUT2D eigenvalue weighted by atomic mass is 10.00. The van der Waals surface area contributed by atoms with Gasteiger partial charge in [0.05, 0.1) is 11.4 Å². The average Bonchev–Trinajstić information content (AvgIpc) is 2.79. The summed E-state index contributed by atoms with van der Waals surface area (Å²) in [5.41, 5.74) is 2.73. The Bertz CT molecular complexity index is 995. The lowest BCUT2D eigenvalue weighted by Crippen LogP contribution is -2.50. The van der Waals surface area contributed by atoms with Gasteiger partial charge in [-0.05, 0) is 49.8 Å². The molecule has 0 aliphatic carbocycles. The predicted octanol–water partition coefficient (Wildman–Crippen LogP) is 4.79. The molecule has 5 nitrogen and oxygen atoms in total. The molecule has 0 saturated carbocycles. The van der Waals surface area contributed by atoms with Gasteiger partial charge in [0.2, 0.25) is 6.17 Å². The van der Waals surface area contributed by atoms with Crippen LogP contribution in [0.4, 0.5) is 5.69 Å². The fraction of sp³-hybridized carbons (Fsp3) is 0.318. The first kappa shape index (κ1) is 22.5. The normalized spacial score (nSPS) is 17.0. The molecule has 2 unspecified atom stereocenters. The number of anilines is 1. The summed E-state index contributed by atoms with van der Waals surface area (Å²) in [6.07, 6.45) is 1.10. The van der Waals surface area contributed by atoms with Gasteiger partial charge in [0.25, 0.3) is 5.91 Å². The molecule has 3 rings (SSSR count). The molecule has 0 saturated heterocycles. The summed E-state index contributed by atoms with van der Waals surface area (Å²) in [6.45, 7) is 4.16. The number of benzodiazepines with no additional fused rings is 1. The summed E-state index contributed by atoms with van der Waals surface area (Å²) in [4.78, 5) is 19.5. The predicted molar refractivity (Wildman–Crippen MR) is 129 cm³/mol. The number of aliphatic imine (C=N–C) groups is 1. The van der Waals surface area contributed by atoms with E-state index in [0.717, 1.165) is 24.0 Å². The first-order valence-electron chi connectivity index (χ1n) is 9.79. The third-order valence-corrected chi connectivity index (χ3v) is 5.69. The molecule has 0 spiro atoms. The molecule has 0 bridgehead atoms. The van der Waals surface area contributed by atoms with Crippen LogP contribution in [0.25, 0.3) is 0 Å². The highest BCUT2D eigenvalue weighted by atomic mass is 35.5. The Labute approximate surface area is 192 Å². The van der Waals surface area contributed by atoms with Gasteiger partial charge in [-0.2, -0.15) is 0 Å². The number of amides is 1. The van der Waals surface area contributed by atoms with E-state index in [1.54, 1.807) is 30.1 Å². The van der Waals surface area contributed by atoms with E-state index < -0.39 is 6.17 Å². The third-order valence-electron chi connectivity index (χ3n) is 4.89. The lowest BCUT2D eigenvalue weighted by molar-refractivity contribution is -0.119. The fourth-order valence-corrected chi connectivity index (χ4v) is 4.11. The number of rotatable bonds is 5. The van der Waals surface area contributed by atoms with Crippen LogP contribution >= 0.6 is 35.4 Å².